The maximum absolute atomic E-state index is 13.2. The Balaban J connectivity index is 2.34. The highest BCUT2D eigenvalue weighted by Gasteiger charge is 2.07. The summed E-state index contributed by atoms with van der Waals surface area (Å²) >= 11 is 3.39. The monoisotopic (exact) mass is 309 g/mol. The minimum absolute atomic E-state index is 0.290. The molecule has 2 rings (SSSR count). The predicted octanol–water partition coefficient (Wildman–Crippen LogP) is 3.87. The third kappa shape index (κ3) is 3.04. The molecule has 1 aromatic heterocycles. The van der Waals surface area contributed by atoms with E-state index in [1.807, 2.05) is 0 Å². The molecule has 0 radical (unpaired) electrons. The van der Waals surface area contributed by atoms with E-state index in [1.54, 1.807) is 18.3 Å². The van der Waals surface area contributed by atoms with E-state index in [2.05, 4.69) is 38.1 Å². The van der Waals surface area contributed by atoms with Crippen LogP contribution in [-0.4, -0.2) is 16.5 Å². The van der Waals surface area contributed by atoms with Crippen LogP contribution in [0.25, 0.3) is 11.4 Å². The van der Waals surface area contributed by atoms with Crippen LogP contribution in [0.1, 0.15) is 13.3 Å². The van der Waals surface area contributed by atoms with Gasteiger partial charge in [0.25, 0.3) is 0 Å². The van der Waals surface area contributed by atoms with E-state index in [9.17, 15) is 4.39 Å². The topological polar surface area (TPSA) is 37.8 Å². The minimum Gasteiger partial charge on any atom is -0.369 e. The Morgan fingerprint density at radius 3 is 2.94 bits per heavy atom. The molecule has 0 saturated heterocycles. The van der Waals surface area contributed by atoms with Gasteiger partial charge in [-0.15, -0.1) is 0 Å². The second-order valence-electron chi connectivity index (χ2n) is 3.83. The molecule has 94 valence electrons. The molecule has 18 heavy (non-hydrogen) atoms. The number of anilines is 1. The Kier molecular flexibility index (Phi) is 4.25. The van der Waals surface area contributed by atoms with E-state index >= 15 is 0 Å². The Labute approximate surface area is 114 Å². The highest BCUT2D eigenvalue weighted by Crippen LogP contribution is 2.23. The molecular formula is C13H13BrFN3. The van der Waals surface area contributed by atoms with Gasteiger partial charge in [0.1, 0.15) is 11.6 Å². The molecule has 2 aromatic rings. The van der Waals surface area contributed by atoms with Crippen molar-refractivity contribution < 1.29 is 4.39 Å². The molecule has 5 heteroatoms. The quantitative estimate of drug-likeness (QED) is 0.931. The number of hydrogen-bond donors (Lipinski definition) is 1. The molecule has 0 saturated carbocycles. The van der Waals surface area contributed by atoms with Crippen LogP contribution < -0.4 is 5.32 Å². The first-order valence-corrected chi connectivity index (χ1v) is 6.52. The smallest absolute Gasteiger partial charge is 0.161 e. The molecule has 0 aliphatic carbocycles. The third-order valence-electron chi connectivity index (χ3n) is 2.37. The predicted molar refractivity (Wildman–Crippen MR) is 73.9 cm³/mol. The van der Waals surface area contributed by atoms with E-state index in [0.717, 1.165) is 23.3 Å². The summed E-state index contributed by atoms with van der Waals surface area (Å²) in [6.45, 7) is 2.91. The molecule has 0 aliphatic rings. The summed E-state index contributed by atoms with van der Waals surface area (Å²) in [6, 6.07) is 6.26. The van der Waals surface area contributed by atoms with Gasteiger partial charge >= 0.3 is 0 Å². The van der Waals surface area contributed by atoms with E-state index in [0.29, 0.717) is 11.4 Å². The largest absolute Gasteiger partial charge is 0.369 e. The Hall–Kier alpha value is -1.49. The Morgan fingerprint density at radius 2 is 2.22 bits per heavy atom. The zero-order chi connectivity index (χ0) is 13.0. The lowest BCUT2D eigenvalue weighted by molar-refractivity contribution is 0.628. The first-order chi connectivity index (χ1) is 8.70. The van der Waals surface area contributed by atoms with E-state index in [-0.39, 0.29) is 5.82 Å². The second-order valence-corrected chi connectivity index (χ2v) is 4.68. The van der Waals surface area contributed by atoms with Gasteiger partial charge in [0, 0.05) is 18.3 Å². The van der Waals surface area contributed by atoms with Crippen LogP contribution in [0.4, 0.5) is 10.2 Å². The Morgan fingerprint density at radius 1 is 1.39 bits per heavy atom. The van der Waals surface area contributed by atoms with Gasteiger partial charge in [-0.2, -0.15) is 0 Å². The van der Waals surface area contributed by atoms with Crippen LogP contribution in [0, 0.1) is 5.82 Å². The first-order valence-electron chi connectivity index (χ1n) is 5.73. The molecule has 1 aromatic carbocycles. The molecule has 1 N–H and O–H groups in total. The van der Waals surface area contributed by atoms with Gasteiger partial charge in [0.15, 0.2) is 5.82 Å². The average Bonchev–Trinajstić information content (AvgIpc) is 2.38. The Bertz CT molecular complexity index is 546. The lowest BCUT2D eigenvalue weighted by Crippen LogP contribution is -2.04. The van der Waals surface area contributed by atoms with Crippen LogP contribution in [-0.2, 0) is 0 Å². The molecule has 0 fully saturated rings. The summed E-state index contributed by atoms with van der Waals surface area (Å²) < 4.78 is 14.0. The fraction of sp³-hybridized carbons (Fsp3) is 0.231. The fourth-order valence-corrected chi connectivity index (χ4v) is 1.83. The maximum Gasteiger partial charge on any atom is 0.161 e. The molecule has 0 amide bonds. The van der Waals surface area contributed by atoms with Crippen LogP contribution in [0.5, 0.6) is 0 Å². The van der Waals surface area contributed by atoms with Crippen molar-refractivity contribution in [1.82, 2.24) is 9.97 Å². The van der Waals surface area contributed by atoms with Crippen LogP contribution in [0.3, 0.4) is 0 Å². The SMILES string of the molecule is CCCNc1nc(-c2cccc(F)c2)ncc1Br. The highest BCUT2D eigenvalue weighted by atomic mass is 79.9. The number of nitrogens with one attached hydrogen (secondary N) is 1. The lowest BCUT2D eigenvalue weighted by atomic mass is 10.2. The highest BCUT2D eigenvalue weighted by molar-refractivity contribution is 9.10. The average molecular weight is 310 g/mol. The van der Waals surface area contributed by atoms with Crippen LogP contribution >= 0.6 is 15.9 Å². The maximum atomic E-state index is 13.2. The summed E-state index contributed by atoms with van der Waals surface area (Å²) in [5, 5.41) is 3.20. The molecule has 0 spiro atoms. The summed E-state index contributed by atoms with van der Waals surface area (Å²) in [6.07, 6.45) is 2.68. The van der Waals surface area contributed by atoms with E-state index in [4.69, 9.17) is 0 Å². The zero-order valence-electron chi connectivity index (χ0n) is 9.95. The second kappa shape index (κ2) is 5.91. The molecule has 1 heterocycles. The van der Waals surface area contributed by atoms with Crippen molar-refractivity contribution >= 4 is 21.7 Å². The minimum atomic E-state index is -0.290. The molecule has 0 bridgehead atoms. The van der Waals surface area contributed by atoms with Gasteiger partial charge in [-0.1, -0.05) is 19.1 Å². The van der Waals surface area contributed by atoms with Gasteiger partial charge in [0.2, 0.25) is 0 Å². The molecule has 3 nitrogen and oxygen atoms in total. The van der Waals surface area contributed by atoms with Crippen molar-refractivity contribution in [3.63, 3.8) is 0 Å². The van der Waals surface area contributed by atoms with Gasteiger partial charge in [-0.05, 0) is 34.5 Å². The third-order valence-corrected chi connectivity index (χ3v) is 2.95. The van der Waals surface area contributed by atoms with Crippen molar-refractivity contribution in [1.29, 1.82) is 0 Å². The number of benzene rings is 1. The van der Waals surface area contributed by atoms with Crippen molar-refractivity contribution in [2.75, 3.05) is 11.9 Å². The summed E-state index contributed by atoms with van der Waals surface area (Å²) in [4.78, 5) is 8.58. The lowest BCUT2D eigenvalue weighted by Gasteiger charge is -2.08. The van der Waals surface area contributed by atoms with Crippen molar-refractivity contribution in [2.45, 2.75) is 13.3 Å². The number of rotatable bonds is 4. The van der Waals surface area contributed by atoms with Crippen LogP contribution in [0.2, 0.25) is 0 Å². The van der Waals surface area contributed by atoms with Gasteiger partial charge in [-0.3, -0.25) is 0 Å². The number of halogens is 2. The summed E-state index contributed by atoms with van der Waals surface area (Å²) in [7, 11) is 0. The number of nitrogens with zero attached hydrogens (tertiary/aromatic N) is 2. The molecule has 0 unspecified atom stereocenters. The zero-order valence-corrected chi connectivity index (χ0v) is 11.5. The first kappa shape index (κ1) is 13.0. The van der Waals surface area contributed by atoms with Crippen molar-refractivity contribution in [3.05, 3.63) is 40.8 Å². The molecular weight excluding hydrogens is 297 g/mol. The summed E-state index contributed by atoms with van der Waals surface area (Å²) in [5.41, 5.74) is 0.669. The number of aromatic nitrogens is 2. The fourth-order valence-electron chi connectivity index (χ4n) is 1.50. The number of hydrogen-bond acceptors (Lipinski definition) is 3. The molecule has 0 atom stereocenters. The van der Waals surface area contributed by atoms with Gasteiger partial charge in [0.05, 0.1) is 4.47 Å². The summed E-state index contributed by atoms with van der Waals surface area (Å²) in [5.74, 6) is 0.949. The van der Waals surface area contributed by atoms with Crippen molar-refractivity contribution in [3.8, 4) is 11.4 Å². The molecule has 0 aliphatic heterocycles. The van der Waals surface area contributed by atoms with Gasteiger partial charge < -0.3 is 5.32 Å². The standard InChI is InChI=1S/C13H13BrFN3/c1-2-6-16-13-11(14)8-17-12(18-13)9-4-3-5-10(15)7-9/h3-5,7-8H,2,6H2,1H3,(H,16,17,18). The van der Waals surface area contributed by atoms with E-state index in [1.165, 1.54) is 12.1 Å². The van der Waals surface area contributed by atoms with E-state index < -0.39 is 0 Å². The van der Waals surface area contributed by atoms with Crippen LogP contribution in [0.15, 0.2) is 34.9 Å². The normalized spacial score (nSPS) is 10.4. The van der Waals surface area contributed by atoms with Gasteiger partial charge in [-0.25, -0.2) is 14.4 Å². The van der Waals surface area contributed by atoms with Crippen molar-refractivity contribution in [2.24, 2.45) is 0 Å².